The zero-order valence-electron chi connectivity index (χ0n) is 33.8. The van der Waals surface area contributed by atoms with Crippen LogP contribution >= 0.6 is 0 Å². The first-order valence-corrected chi connectivity index (χ1v) is 21.5. The number of rotatable bonds is 4. The molecule has 0 unspecified atom stereocenters. The smallest absolute Gasteiger partial charge is 0.197 e. The van der Waals surface area contributed by atoms with E-state index in [9.17, 15) is 0 Å². The quantitative estimate of drug-likeness (QED) is 0.140. The highest BCUT2D eigenvalue weighted by molar-refractivity contribution is 6.73. The van der Waals surface area contributed by atoms with Gasteiger partial charge in [0.2, 0.25) is 0 Å². The summed E-state index contributed by atoms with van der Waals surface area (Å²) in [4.78, 5) is 6.64. The Labute approximate surface area is 347 Å². The number of hydrogen-bond acceptors (Lipinski definition) is 1. The molecule has 1 N–H and O–H groups in total. The van der Waals surface area contributed by atoms with E-state index in [1.807, 2.05) is 0 Å². The number of nitrogens with zero attached hydrogens (tertiary/aromatic N) is 1. The van der Waals surface area contributed by atoms with Gasteiger partial charge in [0, 0.05) is 57.2 Å². The van der Waals surface area contributed by atoms with Crippen molar-refractivity contribution in [2.75, 3.05) is 4.90 Å². The van der Waals surface area contributed by atoms with Gasteiger partial charge in [-0.2, -0.15) is 0 Å². The number of aromatic nitrogens is 1. The van der Waals surface area contributed by atoms with Crippen LogP contribution in [0.15, 0.2) is 162 Å². The Balaban J connectivity index is 1.15. The highest BCUT2D eigenvalue weighted by atomic mass is 15.2. The van der Waals surface area contributed by atoms with Crippen LogP contribution in [0.3, 0.4) is 0 Å². The molecule has 0 saturated carbocycles. The lowest BCUT2D eigenvalue weighted by molar-refractivity contribution is 0.607. The summed E-state index contributed by atoms with van der Waals surface area (Å²) in [7, 11) is 2.52. The molecule has 1 aliphatic heterocycles. The SMILES string of the molecule is CC1(C)C2=C(C=CCC2)c2cc(-c3cccc4c3[nH]c3ccc5ccccc5c34)c3c(c21)N(C1=CC=C(C2=CCCC#CC2)CC1)c1ccc(-c2ccccc2)cc1[B]3. The van der Waals surface area contributed by atoms with E-state index in [2.05, 4.69) is 182 Å². The highest BCUT2D eigenvalue weighted by Crippen LogP contribution is 2.56. The minimum Gasteiger partial charge on any atom is -0.354 e. The first kappa shape index (κ1) is 34.5. The predicted octanol–water partition coefficient (Wildman–Crippen LogP) is 13.0. The van der Waals surface area contributed by atoms with Gasteiger partial charge in [0.25, 0.3) is 0 Å². The van der Waals surface area contributed by atoms with Crippen LogP contribution in [0.2, 0.25) is 0 Å². The fraction of sp³-hybridized carbons (Fsp3) is 0.179. The van der Waals surface area contributed by atoms with E-state index < -0.39 is 0 Å². The number of hydrogen-bond donors (Lipinski definition) is 1. The van der Waals surface area contributed by atoms with Crippen molar-refractivity contribution in [1.82, 2.24) is 4.98 Å². The lowest BCUT2D eigenvalue weighted by Crippen LogP contribution is -2.44. The third kappa shape index (κ3) is 5.29. The molecule has 2 nitrogen and oxygen atoms in total. The normalized spacial score (nSPS) is 17.6. The molecule has 3 heteroatoms. The van der Waals surface area contributed by atoms with Gasteiger partial charge in [-0.15, -0.1) is 5.92 Å². The van der Waals surface area contributed by atoms with E-state index in [4.69, 9.17) is 0 Å². The average Bonchev–Trinajstić information content (AvgIpc) is 3.62. The molecule has 2 heterocycles. The van der Waals surface area contributed by atoms with Gasteiger partial charge in [-0.25, -0.2) is 0 Å². The van der Waals surface area contributed by atoms with Crippen molar-refractivity contribution in [3.05, 3.63) is 173 Å². The molecule has 0 fully saturated rings. The Morgan fingerprint density at radius 3 is 2.49 bits per heavy atom. The second-order valence-corrected chi connectivity index (χ2v) is 17.4. The van der Waals surface area contributed by atoms with Crippen LogP contribution < -0.4 is 15.8 Å². The third-order valence-electron chi connectivity index (χ3n) is 13.8. The van der Waals surface area contributed by atoms with Crippen molar-refractivity contribution in [2.24, 2.45) is 0 Å². The molecule has 0 saturated heterocycles. The van der Waals surface area contributed by atoms with Gasteiger partial charge in [-0.1, -0.05) is 146 Å². The fourth-order valence-corrected chi connectivity index (χ4v) is 11.0. The molecule has 7 aromatic rings. The zero-order chi connectivity index (χ0) is 39.2. The van der Waals surface area contributed by atoms with Crippen molar-refractivity contribution in [3.63, 3.8) is 0 Å². The van der Waals surface area contributed by atoms with Crippen molar-refractivity contribution in [1.29, 1.82) is 0 Å². The number of H-pyrrole nitrogens is 1. The van der Waals surface area contributed by atoms with E-state index in [0.29, 0.717) is 0 Å². The van der Waals surface area contributed by atoms with E-state index in [0.717, 1.165) is 44.9 Å². The summed E-state index contributed by atoms with van der Waals surface area (Å²) in [5.74, 6) is 6.77. The van der Waals surface area contributed by atoms with Crippen molar-refractivity contribution in [3.8, 4) is 34.1 Å². The van der Waals surface area contributed by atoms with E-state index >= 15 is 0 Å². The topological polar surface area (TPSA) is 19.0 Å². The number of anilines is 2. The number of aromatic amines is 1. The molecule has 1 radical (unpaired) electrons. The van der Waals surface area contributed by atoms with Gasteiger partial charge in [-0.05, 0) is 117 Å². The Kier molecular flexibility index (Phi) is 7.77. The minimum absolute atomic E-state index is 0.127. The van der Waals surface area contributed by atoms with Gasteiger partial charge < -0.3 is 9.88 Å². The lowest BCUT2D eigenvalue weighted by Gasteiger charge is -2.41. The van der Waals surface area contributed by atoms with E-state index in [1.54, 1.807) is 5.57 Å². The summed E-state index contributed by atoms with van der Waals surface area (Å²) < 4.78 is 0. The summed E-state index contributed by atoms with van der Waals surface area (Å²) in [5.41, 5.74) is 22.4. The molecule has 0 atom stereocenters. The number of para-hydroxylation sites is 1. The molecule has 6 aromatic carbocycles. The van der Waals surface area contributed by atoms with Crippen LogP contribution in [0, 0.1) is 11.8 Å². The maximum atomic E-state index is 3.96. The summed E-state index contributed by atoms with van der Waals surface area (Å²) in [6.45, 7) is 4.96. The molecule has 59 heavy (non-hydrogen) atoms. The number of fused-ring (bicyclic) bond motifs is 10. The number of nitrogens with one attached hydrogen (secondary N) is 1. The van der Waals surface area contributed by atoms with Crippen molar-refractivity contribution in [2.45, 2.75) is 64.2 Å². The molecule has 4 aliphatic carbocycles. The van der Waals surface area contributed by atoms with Gasteiger partial charge in [0.1, 0.15) is 0 Å². The zero-order valence-corrected chi connectivity index (χ0v) is 33.8. The Hall–Kier alpha value is -6.50. The molecule has 12 rings (SSSR count). The molecule has 5 aliphatic rings. The van der Waals surface area contributed by atoms with Crippen LogP contribution in [0.5, 0.6) is 0 Å². The maximum absolute atomic E-state index is 3.96. The Bertz CT molecular complexity index is 3190. The van der Waals surface area contributed by atoms with Crippen LogP contribution in [0.4, 0.5) is 11.4 Å². The Morgan fingerprint density at radius 1 is 0.712 bits per heavy atom. The van der Waals surface area contributed by atoms with E-state index in [-0.39, 0.29) is 5.41 Å². The largest absolute Gasteiger partial charge is 0.354 e. The first-order chi connectivity index (χ1) is 29.0. The van der Waals surface area contributed by atoms with Gasteiger partial charge >= 0.3 is 0 Å². The van der Waals surface area contributed by atoms with Crippen LogP contribution in [0.25, 0.3) is 60.4 Å². The molecule has 0 amide bonds. The maximum Gasteiger partial charge on any atom is 0.197 e. The second kappa shape index (κ2) is 13.3. The van der Waals surface area contributed by atoms with Crippen molar-refractivity contribution >= 4 is 67.7 Å². The van der Waals surface area contributed by atoms with Gasteiger partial charge in [-0.3, -0.25) is 0 Å². The predicted molar refractivity (Wildman–Crippen MR) is 251 cm³/mol. The van der Waals surface area contributed by atoms with Gasteiger partial charge in [0.15, 0.2) is 7.28 Å². The van der Waals surface area contributed by atoms with Crippen LogP contribution in [-0.2, 0) is 5.41 Å². The molecular formula is C56H44BN2. The fourth-order valence-electron chi connectivity index (χ4n) is 11.0. The van der Waals surface area contributed by atoms with E-state index in [1.165, 1.54) is 111 Å². The monoisotopic (exact) mass is 755 g/mol. The summed E-state index contributed by atoms with van der Waals surface area (Å²) in [6, 6.07) is 40.8. The standard InChI is InChI=1S/C56H44BN2/c1-56(2)47-24-13-12-21-42(47)45-34-46(43-22-14-23-44-51-41-20-11-10-19-38(41)27-31-49(51)58-54(43)44)53-55(52(45)56)59(40-29-25-37(26-30-40)35-15-6-3-4-7-16-35)50-32-28-39(33-48(50)57-53)36-17-8-5-9-18-36/h5,8-12,14-15,17-23,25,27-29,31-34,58H,3,6,13,16,24,26,30H2,1-2H3. The number of allylic oxidation sites excluding steroid dienone is 10. The Morgan fingerprint density at radius 2 is 1.59 bits per heavy atom. The molecular weight excluding hydrogens is 711 g/mol. The summed E-state index contributed by atoms with van der Waals surface area (Å²) in [5, 5.41) is 5.12. The molecule has 1 aromatic heterocycles. The van der Waals surface area contributed by atoms with Crippen molar-refractivity contribution < 1.29 is 0 Å². The van der Waals surface area contributed by atoms with Crippen LogP contribution in [0.1, 0.15) is 69.9 Å². The summed E-state index contributed by atoms with van der Waals surface area (Å²) >= 11 is 0. The number of benzene rings is 6. The lowest BCUT2D eigenvalue weighted by atomic mass is 9.56. The summed E-state index contributed by atoms with van der Waals surface area (Å²) in [6.07, 6.45) is 19.1. The second-order valence-electron chi connectivity index (χ2n) is 17.4. The molecule has 281 valence electrons. The van der Waals surface area contributed by atoms with Gasteiger partial charge in [0.05, 0.1) is 5.52 Å². The third-order valence-corrected chi connectivity index (χ3v) is 13.8. The van der Waals surface area contributed by atoms with Crippen LogP contribution in [-0.4, -0.2) is 12.3 Å². The minimum atomic E-state index is -0.127. The molecule has 0 bridgehead atoms. The highest BCUT2D eigenvalue weighted by Gasteiger charge is 2.44. The molecule has 0 spiro atoms. The first-order valence-electron chi connectivity index (χ1n) is 21.5. The average molecular weight is 756 g/mol.